The van der Waals surface area contributed by atoms with Crippen LogP contribution >= 0.6 is 0 Å². The first kappa shape index (κ1) is 19.7. The van der Waals surface area contributed by atoms with E-state index < -0.39 is 0 Å². The second-order valence-electron chi connectivity index (χ2n) is 8.56. The van der Waals surface area contributed by atoms with E-state index in [9.17, 15) is 0 Å². The van der Waals surface area contributed by atoms with E-state index >= 15 is 0 Å². The Morgan fingerprint density at radius 2 is 1.29 bits per heavy atom. The van der Waals surface area contributed by atoms with Crippen molar-refractivity contribution in [2.24, 2.45) is 5.92 Å². The van der Waals surface area contributed by atoms with Crippen molar-refractivity contribution in [1.82, 2.24) is 0 Å². The Morgan fingerprint density at radius 1 is 0.679 bits per heavy atom. The second kappa shape index (κ2) is 9.24. The quantitative estimate of drug-likeness (QED) is 0.563. The van der Waals surface area contributed by atoms with Crippen LogP contribution in [0.1, 0.15) is 75.5 Å². The predicted molar refractivity (Wildman–Crippen MR) is 116 cm³/mol. The minimum absolute atomic E-state index is 0.0671. The molecule has 1 aliphatic carbocycles. The molecule has 1 aliphatic heterocycles. The molecule has 4 rings (SSSR count). The highest BCUT2D eigenvalue weighted by atomic mass is 16.6. The van der Waals surface area contributed by atoms with Crippen molar-refractivity contribution in [3.63, 3.8) is 0 Å². The summed E-state index contributed by atoms with van der Waals surface area (Å²) in [4.78, 5) is 0. The Hall–Kier alpha value is -1.64. The normalized spacial score (nSPS) is 28.2. The van der Waals surface area contributed by atoms with E-state index in [1.165, 1.54) is 54.4 Å². The molecular formula is C26H34O2. The summed E-state index contributed by atoms with van der Waals surface area (Å²) in [7, 11) is 0. The van der Waals surface area contributed by atoms with Gasteiger partial charge in [-0.25, -0.2) is 0 Å². The molecule has 0 amide bonds. The molecule has 2 atom stereocenters. The molecule has 0 N–H and O–H groups in total. The van der Waals surface area contributed by atoms with Gasteiger partial charge in [-0.05, 0) is 66.2 Å². The van der Waals surface area contributed by atoms with Crippen molar-refractivity contribution >= 4 is 0 Å². The van der Waals surface area contributed by atoms with Crippen LogP contribution in [0.2, 0.25) is 0 Å². The summed E-state index contributed by atoms with van der Waals surface area (Å²) >= 11 is 0. The number of ether oxygens (including phenoxy) is 2. The molecule has 1 saturated heterocycles. The van der Waals surface area contributed by atoms with Gasteiger partial charge in [0.1, 0.15) is 6.10 Å². The molecule has 0 aromatic heterocycles. The standard InChI is InChI=1S/C26H34O2/c1-3-19-5-7-20(8-6-19)21-9-11-22(12-10-21)23-13-15-24(16-14-23)26-18-27-25(4-2)17-28-26/h9-16,19-20,25-26H,3-8,17-18H2,1-2H3/t19-,20-,25-,26-/m1/s1. The van der Waals surface area contributed by atoms with Gasteiger partial charge in [-0.2, -0.15) is 0 Å². The summed E-state index contributed by atoms with van der Waals surface area (Å²) in [6.07, 6.45) is 8.19. The van der Waals surface area contributed by atoms with Crippen LogP contribution in [0.25, 0.3) is 11.1 Å². The van der Waals surface area contributed by atoms with E-state index in [1.807, 2.05) is 0 Å². The fourth-order valence-corrected chi connectivity index (χ4v) is 4.71. The van der Waals surface area contributed by atoms with Gasteiger partial charge in [0, 0.05) is 0 Å². The zero-order chi connectivity index (χ0) is 19.3. The Bertz CT molecular complexity index is 653. The van der Waals surface area contributed by atoms with Crippen molar-refractivity contribution in [3.8, 4) is 11.1 Å². The first-order valence-corrected chi connectivity index (χ1v) is 11.2. The molecule has 2 aromatic carbocycles. The number of hydrogen-bond acceptors (Lipinski definition) is 2. The van der Waals surface area contributed by atoms with E-state index in [0.717, 1.165) is 18.3 Å². The molecule has 2 nitrogen and oxygen atoms in total. The van der Waals surface area contributed by atoms with E-state index in [1.54, 1.807) is 0 Å². The maximum Gasteiger partial charge on any atom is 0.106 e. The van der Waals surface area contributed by atoms with Gasteiger partial charge in [-0.3, -0.25) is 0 Å². The Labute approximate surface area is 170 Å². The van der Waals surface area contributed by atoms with Gasteiger partial charge in [-0.1, -0.05) is 68.8 Å². The number of hydrogen-bond donors (Lipinski definition) is 0. The summed E-state index contributed by atoms with van der Waals surface area (Å²) < 4.78 is 11.9. The summed E-state index contributed by atoms with van der Waals surface area (Å²) in [6, 6.07) is 18.1. The van der Waals surface area contributed by atoms with Gasteiger partial charge in [0.15, 0.2) is 0 Å². The van der Waals surface area contributed by atoms with E-state index in [4.69, 9.17) is 9.47 Å². The number of rotatable bonds is 5. The van der Waals surface area contributed by atoms with Crippen molar-refractivity contribution in [3.05, 3.63) is 59.7 Å². The van der Waals surface area contributed by atoms with Gasteiger partial charge in [-0.15, -0.1) is 0 Å². The summed E-state index contributed by atoms with van der Waals surface area (Å²) in [5, 5.41) is 0. The molecule has 0 bridgehead atoms. The van der Waals surface area contributed by atoms with Crippen molar-refractivity contribution < 1.29 is 9.47 Å². The zero-order valence-electron chi connectivity index (χ0n) is 17.4. The lowest BCUT2D eigenvalue weighted by molar-refractivity contribution is -0.135. The molecule has 2 aliphatic rings. The molecule has 1 heterocycles. The molecule has 28 heavy (non-hydrogen) atoms. The lowest BCUT2D eigenvalue weighted by Crippen LogP contribution is -2.30. The highest BCUT2D eigenvalue weighted by Gasteiger charge is 2.23. The number of benzene rings is 2. The molecular weight excluding hydrogens is 344 g/mol. The summed E-state index contributed by atoms with van der Waals surface area (Å²) in [5.74, 6) is 1.72. The van der Waals surface area contributed by atoms with Crippen molar-refractivity contribution in [2.45, 2.75) is 70.5 Å². The molecule has 1 saturated carbocycles. The first-order valence-electron chi connectivity index (χ1n) is 11.2. The average Bonchev–Trinajstić information content (AvgIpc) is 2.79. The lowest BCUT2D eigenvalue weighted by Gasteiger charge is -2.29. The topological polar surface area (TPSA) is 18.5 Å². The molecule has 150 valence electrons. The summed E-state index contributed by atoms with van der Waals surface area (Å²) in [6.45, 7) is 5.84. The Morgan fingerprint density at radius 3 is 1.79 bits per heavy atom. The molecule has 2 aromatic rings. The van der Waals surface area contributed by atoms with E-state index in [-0.39, 0.29) is 12.2 Å². The van der Waals surface area contributed by atoms with Crippen molar-refractivity contribution in [2.75, 3.05) is 13.2 Å². The van der Waals surface area contributed by atoms with Crippen LogP contribution in [0, 0.1) is 5.92 Å². The van der Waals surface area contributed by atoms with Crippen LogP contribution in [0.4, 0.5) is 0 Å². The minimum Gasteiger partial charge on any atom is -0.373 e. The van der Waals surface area contributed by atoms with E-state index in [0.29, 0.717) is 13.2 Å². The first-order chi connectivity index (χ1) is 13.8. The smallest absolute Gasteiger partial charge is 0.106 e. The van der Waals surface area contributed by atoms with Gasteiger partial charge in [0.25, 0.3) is 0 Å². The highest BCUT2D eigenvalue weighted by Crippen LogP contribution is 2.37. The van der Waals surface area contributed by atoms with Gasteiger partial charge < -0.3 is 9.47 Å². The third-order valence-electron chi connectivity index (χ3n) is 6.84. The third kappa shape index (κ3) is 4.50. The Kier molecular flexibility index (Phi) is 6.49. The third-order valence-corrected chi connectivity index (χ3v) is 6.84. The fourth-order valence-electron chi connectivity index (χ4n) is 4.71. The van der Waals surface area contributed by atoms with Crippen LogP contribution in [0.5, 0.6) is 0 Å². The van der Waals surface area contributed by atoms with Gasteiger partial charge in [0.05, 0.1) is 19.3 Å². The summed E-state index contributed by atoms with van der Waals surface area (Å²) in [5.41, 5.74) is 5.30. The predicted octanol–water partition coefficient (Wildman–Crippen LogP) is 6.90. The maximum absolute atomic E-state index is 5.99. The lowest BCUT2D eigenvalue weighted by atomic mass is 9.77. The van der Waals surface area contributed by atoms with Crippen LogP contribution < -0.4 is 0 Å². The molecule has 0 radical (unpaired) electrons. The molecule has 2 heteroatoms. The largest absolute Gasteiger partial charge is 0.373 e. The van der Waals surface area contributed by atoms with E-state index in [2.05, 4.69) is 62.4 Å². The maximum atomic E-state index is 5.99. The molecule has 0 unspecified atom stereocenters. The average molecular weight is 379 g/mol. The van der Waals surface area contributed by atoms with Gasteiger partial charge in [0.2, 0.25) is 0 Å². The minimum atomic E-state index is 0.0671. The SMILES string of the molecule is CC[C@@H]1CO[C@@H](c2ccc(-c3ccc([C@H]4CC[C@H](CC)CC4)cc3)cc2)CO1. The fraction of sp³-hybridized carbons (Fsp3) is 0.538. The zero-order valence-corrected chi connectivity index (χ0v) is 17.4. The molecule has 0 spiro atoms. The second-order valence-corrected chi connectivity index (χ2v) is 8.56. The van der Waals surface area contributed by atoms with Crippen molar-refractivity contribution in [1.29, 1.82) is 0 Å². The van der Waals surface area contributed by atoms with Crippen LogP contribution in [0.15, 0.2) is 48.5 Å². The highest BCUT2D eigenvalue weighted by molar-refractivity contribution is 5.64. The van der Waals surface area contributed by atoms with Crippen LogP contribution in [-0.2, 0) is 9.47 Å². The monoisotopic (exact) mass is 378 g/mol. The van der Waals surface area contributed by atoms with Crippen LogP contribution in [0.3, 0.4) is 0 Å². The van der Waals surface area contributed by atoms with Crippen LogP contribution in [-0.4, -0.2) is 19.3 Å². The Balaban J connectivity index is 1.38. The molecule has 2 fully saturated rings. The van der Waals surface area contributed by atoms with Gasteiger partial charge >= 0.3 is 0 Å².